The third-order valence-corrected chi connectivity index (χ3v) is 3.38. The van der Waals surface area contributed by atoms with Crippen LogP contribution < -0.4 is 4.90 Å². The summed E-state index contributed by atoms with van der Waals surface area (Å²) in [5.41, 5.74) is 2.07. The number of benzene rings is 1. The van der Waals surface area contributed by atoms with Crippen LogP contribution in [0, 0.1) is 16.7 Å². The van der Waals surface area contributed by atoms with E-state index in [1.807, 2.05) is 31.3 Å². The lowest BCUT2D eigenvalue weighted by molar-refractivity contribution is 0.381. The largest absolute Gasteiger partial charge is 0.360 e. The molecule has 0 aliphatic carbocycles. The fraction of sp³-hybridized carbons (Fsp3) is 0.438. The van der Waals surface area contributed by atoms with Crippen molar-refractivity contribution in [3.05, 3.63) is 29.8 Å². The number of aromatic nitrogens is 1. The van der Waals surface area contributed by atoms with E-state index in [0.29, 0.717) is 5.41 Å². The number of fused-ring (bicyclic) bond motifs is 1. The molecule has 19 heavy (non-hydrogen) atoms. The molecule has 0 saturated heterocycles. The number of anilines is 1. The van der Waals surface area contributed by atoms with Crippen LogP contribution in [-0.4, -0.2) is 18.6 Å². The number of H-pyrrole nitrogens is 1. The quantitative estimate of drug-likeness (QED) is 0.903. The Morgan fingerprint density at radius 1 is 1.26 bits per heavy atom. The highest BCUT2D eigenvalue weighted by Gasteiger charge is 2.16. The minimum Gasteiger partial charge on any atom is -0.360 e. The Labute approximate surface area is 114 Å². The molecule has 3 heteroatoms. The maximum absolute atomic E-state index is 9.39. The molecule has 2 aromatic rings. The van der Waals surface area contributed by atoms with Crippen molar-refractivity contribution >= 4 is 16.7 Å². The second-order valence-electron chi connectivity index (χ2n) is 6.24. The summed E-state index contributed by atoms with van der Waals surface area (Å²) in [7, 11) is 2.04. The number of aromatic amines is 1. The summed E-state index contributed by atoms with van der Waals surface area (Å²) in [6.45, 7) is 7.64. The lowest BCUT2D eigenvalue weighted by atomic mass is 9.92. The van der Waals surface area contributed by atoms with Gasteiger partial charge in [0.15, 0.2) is 0 Å². The van der Waals surface area contributed by atoms with Gasteiger partial charge in [-0.2, -0.15) is 5.26 Å². The van der Waals surface area contributed by atoms with Crippen LogP contribution in [0.3, 0.4) is 0 Å². The molecule has 1 aromatic carbocycles. The second kappa shape index (κ2) is 4.97. The highest BCUT2D eigenvalue weighted by Crippen LogP contribution is 2.28. The second-order valence-corrected chi connectivity index (χ2v) is 6.24. The molecular weight excluding hydrogens is 234 g/mol. The normalized spacial score (nSPS) is 11.5. The minimum absolute atomic E-state index is 0.299. The highest BCUT2D eigenvalue weighted by molar-refractivity contribution is 5.91. The number of nitriles is 1. The summed E-state index contributed by atoms with van der Waals surface area (Å²) in [5.74, 6) is 0.924. The van der Waals surface area contributed by atoms with Gasteiger partial charge in [0.05, 0.1) is 0 Å². The maximum atomic E-state index is 9.39. The molecule has 0 aliphatic heterocycles. The van der Waals surface area contributed by atoms with Crippen molar-refractivity contribution in [2.45, 2.75) is 27.2 Å². The summed E-state index contributed by atoms with van der Waals surface area (Å²) < 4.78 is 0. The summed E-state index contributed by atoms with van der Waals surface area (Å²) >= 11 is 0. The number of hydrogen-bond donors (Lipinski definition) is 1. The van der Waals surface area contributed by atoms with Crippen molar-refractivity contribution in [1.29, 1.82) is 5.26 Å². The molecule has 0 fully saturated rings. The zero-order chi connectivity index (χ0) is 14.0. The summed E-state index contributed by atoms with van der Waals surface area (Å²) in [4.78, 5) is 5.50. The van der Waals surface area contributed by atoms with Gasteiger partial charge in [-0.3, -0.25) is 0 Å². The zero-order valence-electron chi connectivity index (χ0n) is 12.1. The first kappa shape index (κ1) is 13.5. The number of hydrogen-bond acceptors (Lipinski definition) is 2. The summed E-state index contributed by atoms with van der Waals surface area (Å²) in [6.07, 6.45) is 1.09. The van der Waals surface area contributed by atoms with Gasteiger partial charge in [0, 0.05) is 24.5 Å². The molecule has 0 unspecified atom stereocenters. The molecule has 0 aliphatic rings. The highest BCUT2D eigenvalue weighted by atomic mass is 15.2. The van der Waals surface area contributed by atoms with E-state index in [1.165, 1.54) is 0 Å². The van der Waals surface area contributed by atoms with Crippen molar-refractivity contribution in [3.63, 3.8) is 0 Å². The van der Waals surface area contributed by atoms with Crippen LogP contribution in [0.25, 0.3) is 10.9 Å². The van der Waals surface area contributed by atoms with Crippen LogP contribution >= 0.6 is 0 Å². The van der Waals surface area contributed by atoms with Gasteiger partial charge in [0.1, 0.15) is 17.5 Å². The Hall–Kier alpha value is -1.95. The first-order valence-electron chi connectivity index (χ1n) is 6.64. The lowest BCUT2D eigenvalue weighted by Gasteiger charge is -2.24. The van der Waals surface area contributed by atoms with Crippen LogP contribution in [0.1, 0.15) is 32.8 Å². The first-order valence-corrected chi connectivity index (χ1v) is 6.64. The lowest BCUT2D eigenvalue weighted by Crippen LogP contribution is -2.23. The van der Waals surface area contributed by atoms with Crippen LogP contribution in [0.15, 0.2) is 24.3 Å². The van der Waals surface area contributed by atoms with Crippen LogP contribution in [0.4, 0.5) is 5.82 Å². The van der Waals surface area contributed by atoms with Gasteiger partial charge in [0.2, 0.25) is 0 Å². The number of rotatable bonds is 3. The van der Waals surface area contributed by atoms with E-state index < -0.39 is 0 Å². The van der Waals surface area contributed by atoms with Gasteiger partial charge in [-0.25, -0.2) is 0 Å². The molecule has 0 amide bonds. The molecule has 0 spiro atoms. The number of para-hydroxylation sites is 1. The molecule has 0 bridgehead atoms. The van der Waals surface area contributed by atoms with E-state index in [2.05, 4.69) is 36.7 Å². The molecule has 2 rings (SSSR count). The van der Waals surface area contributed by atoms with Crippen LogP contribution in [0.2, 0.25) is 0 Å². The van der Waals surface area contributed by atoms with Gasteiger partial charge < -0.3 is 9.88 Å². The standard InChI is InChI=1S/C16H21N3/c1-16(2,3)9-10-19(4)15-13(11-17)12-7-5-6-8-14(12)18-15/h5-8,18H,9-10H2,1-4H3. The third-order valence-electron chi connectivity index (χ3n) is 3.38. The Balaban J connectivity index is 2.32. The average molecular weight is 255 g/mol. The Morgan fingerprint density at radius 2 is 1.95 bits per heavy atom. The van der Waals surface area contributed by atoms with E-state index in [0.717, 1.165) is 35.2 Å². The van der Waals surface area contributed by atoms with Crippen molar-refractivity contribution in [3.8, 4) is 6.07 Å². The summed E-state index contributed by atoms with van der Waals surface area (Å²) in [5, 5.41) is 10.4. The number of nitrogens with zero attached hydrogens (tertiary/aromatic N) is 2. The minimum atomic E-state index is 0.299. The predicted octanol–water partition coefficient (Wildman–Crippen LogP) is 3.91. The number of nitrogens with one attached hydrogen (secondary N) is 1. The molecule has 0 radical (unpaired) electrons. The molecule has 100 valence electrons. The Bertz CT molecular complexity index is 611. The molecular formula is C16H21N3. The molecule has 1 aromatic heterocycles. The SMILES string of the molecule is CN(CCC(C)(C)C)c1[nH]c2ccccc2c1C#N. The van der Waals surface area contributed by atoms with Crippen molar-refractivity contribution in [1.82, 2.24) is 4.98 Å². The van der Waals surface area contributed by atoms with Gasteiger partial charge >= 0.3 is 0 Å². The Morgan fingerprint density at radius 3 is 2.58 bits per heavy atom. The van der Waals surface area contributed by atoms with Gasteiger partial charge in [-0.15, -0.1) is 0 Å². The van der Waals surface area contributed by atoms with E-state index in [4.69, 9.17) is 0 Å². The first-order chi connectivity index (χ1) is 8.92. The van der Waals surface area contributed by atoms with E-state index in [1.54, 1.807) is 0 Å². The maximum Gasteiger partial charge on any atom is 0.124 e. The Kier molecular flexibility index (Phi) is 3.53. The summed E-state index contributed by atoms with van der Waals surface area (Å²) in [6, 6.07) is 10.3. The van der Waals surface area contributed by atoms with Gasteiger partial charge in [-0.1, -0.05) is 39.0 Å². The van der Waals surface area contributed by atoms with Gasteiger partial charge in [-0.05, 0) is 17.9 Å². The smallest absolute Gasteiger partial charge is 0.124 e. The fourth-order valence-electron chi connectivity index (χ4n) is 2.14. The van der Waals surface area contributed by atoms with Crippen molar-refractivity contribution < 1.29 is 0 Å². The molecule has 1 N–H and O–H groups in total. The average Bonchev–Trinajstić information content (AvgIpc) is 2.73. The molecule has 0 atom stereocenters. The fourth-order valence-corrected chi connectivity index (χ4v) is 2.14. The van der Waals surface area contributed by atoms with E-state index >= 15 is 0 Å². The van der Waals surface area contributed by atoms with Crippen molar-refractivity contribution in [2.75, 3.05) is 18.5 Å². The predicted molar refractivity (Wildman–Crippen MR) is 80.4 cm³/mol. The van der Waals surface area contributed by atoms with E-state index in [9.17, 15) is 5.26 Å². The monoisotopic (exact) mass is 255 g/mol. The zero-order valence-corrected chi connectivity index (χ0v) is 12.1. The van der Waals surface area contributed by atoms with E-state index in [-0.39, 0.29) is 0 Å². The molecule has 0 saturated carbocycles. The van der Waals surface area contributed by atoms with Gasteiger partial charge in [0.25, 0.3) is 0 Å². The van der Waals surface area contributed by atoms with Crippen LogP contribution in [0.5, 0.6) is 0 Å². The molecule has 1 heterocycles. The van der Waals surface area contributed by atoms with Crippen LogP contribution in [-0.2, 0) is 0 Å². The third kappa shape index (κ3) is 2.90. The van der Waals surface area contributed by atoms with Crippen molar-refractivity contribution in [2.24, 2.45) is 5.41 Å². The topological polar surface area (TPSA) is 42.8 Å². The molecule has 3 nitrogen and oxygen atoms in total.